The van der Waals surface area contributed by atoms with Crippen molar-refractivity contribution in [2.24, 2.45) is 5.92 Å². The van der Waals surface area contributed by atoms with E-state index in [1.807, 2.05) is 23.1 Å². The van der Waals surface area contributed by atoms with Gasteiger partial charge < -0.3 is 15.1 Å². The van der Waals surface area contributed by atoms with Crippen LogP contribution in [0.25, 0.3) is 0 Å². The van der Waals surface area contributed by atoms with Gasteiger partial charge in [-0.3, -0.25) is 9.59 Å². The molecule has 1 N–H and O–H groups in total. The van der Waals surface area contributed by atoms with Gasteiger partial charge in [-0.15, -0.1) is 11.3 Å². The molecule has 1 unspecified atom stereocenters. The van der Waals surface area contributed by atoms with Gasteiger partial charge in [0.25, 0.3) is 11.8 Å². The number of carbonyl (C=O) groups excluding carboxylic acids is 2. The third kappa shape index (κ3) is 4.23. The van der Waals surface area contributed by atoms with Crippen LogP contribution >= 0.6 is 11.3 Å². The van der Waals surface area contributed by atoms with E-state index in [-0.39, 0.29) is 11.8 Å². The number of hydrogen-bond donors (Lipinski definition) is 1. The van der Waals surface area contributed by atoms with Crippen molar-refractivity contribution < 1.29 is 9.59 Å². The monoisotopic (exact) mass is 411 g/mol. The summed E-state index contributed by atoms with van der Waals surface area (Å²) in [6.07, 6.45) is 3.01. The molecule has 0 radical (unpaired) electrons. The molecular weight excluding hydrogens is 382 g/mol. The van der Waals surface area contributed by atoms with Gasteiger partial charge in [-0.25, -0.2) is 0 Å². The number of benzene rings is 1. The lowest BCUT2D eigenvalue weighted by Gasteiger charge is -2.34. The van der Waals surface area contributed by atoms with E-state index in [2.05, 4.69) is 24.1 Å². The molecule has 0 spiro atoms. The molecule has 6 heteroatoms. The fourth-order valence-electron chi connectivity index (χ4n) is 4.26. The first kappa shape index (κ1) is 20.1. The van der Waals surface area contributed by atoms with Gasteiger partial charge in [0.05, 0.1) is 5.56 Å². The Morgan fingerprint density at radius 1 is 1.14 bits per heavy atom. The Morgan fingerprint density at radius 2 is 1.86 bits per heavy atom. The number of carbonyl (C=O) groups is 2. The molecule has 2 heterocycles. The molecule has 0 bridgehead atoms. The number of rotatable bonds is 4. The maximum absolute atomic E-state index is 13.5. The number of fused-ring (bicyclic) bond motifs is 1. The summed E-state index contributed by atoms with van der Waals surface area (Å²) in [5.41, 5.74) is 2.52. The third-order valence-corrected chi connectivity index (χ3v) is 7.27. The molecule has 1 aliphatic heterocycles. The van der Waals surface area contributed by atoms with Gasteiger partial charge in [-0.2, -0.15) is 0 Å². The average Bonchev–Trinajstić information content (AvgIpc) is 3.10. The highest BCUT2D eigenvalue weighted by molar-refractivity contribution is 7.17. The highest BCUT2D eigenvalue weighted by Gasteiger charge is 2.32. The van der Waals surface area contributed by atoms with Crippen LogP contribution in [0.5, 0.6) is 0 Å². The lowest BCUT2D eigenvalue weighted by Crippen LogP contribution is -2.48. The van der Waals surface area contributed by atoms with Gasteiger partial charge in [-0.05, 0) is 49.4 Å². The minimum atomic E-state index is -0.151. The highest BCUT2D eigenvalue weighted by atomic mass is 32.1. The lowest BCUT2D eigenvalue weighted by atomic mass is 9.88. The summed E-state index contributed by atoms with van der Waals surface area (Å²) in [7, 11) is 0. The molecule has 0 saturated carbocycles. The fraction of sp³-hybridized carbons (Fsp3) is 0.478. The maximum Gasteiger partial charge on any atom is 0.257 e. The zero-order valence-electron chi connectivity index (χ0n) is 17.2. The number of likely N-dealkylation sites (N-methyl/N-ethyl adjacent to an activating group) is 1. The lowest BCUT2D eigenvalue weighted by molar-refractivity contribution is 0.0643. The summed E-state index contributed by atoms with van der Waals surface area (Å²) in [6, 6.07) is 9.21. The van der Waals surface area contributed by atoms with Crippen molar-refractivity contribution in [3.8, 4) is 0 Å². The van der Waals surface area contributed by atoms with Crippen LogP contribution in [0.2, 0.25) is 0 Å². The summed E-state index contributed by atoms with van der Waals surface area (Å²) >= 11 is 1.60. The molecule has 1 saturated heterocycles. The smallest absolute Gasteiger partial charge is 0.257 e. The van der Waals surface area contributed by atoms with Crippen molar-refractivity contribution in [3.63, 3.8) is 0 Å². The molecule has 2 aliphatic rings. The molecule has 2 amide bonds. The molecule has 1 atom stereocenters. The molecule has 1 aromatic carbocycles. The topological polar surface area (TPSA) is 52.6 Å². The van der Waals surface area contributed by atoms with Gasteiger partial charge in [0.1, 0.15) is 5.00 Å². The van der Waals surface area contributed by atoms with Gasteiger partial charge in [-0.1, -0.05) is 32.0 Å². The quantitative estimate of drug-likeness (QED) is 0.830. The van der Waals surface area contributed by atoms with Crippen LogP contribution in [0, 0.1) is 5.92 Å². The summed E-state index contributed by atoms with van der Waals surface area (Å²) in [4.78, 5) is 31.9. The molecule has 1 aliphatic carbocycles. The zero-order chi connectivity index (χ0) is 20.4. The van der Waals surface area contributed by atoms with Gasteiger partial charge in [0, 0.05) is 36.6 Å². The number of nitrogens with zero attached hydrogens (tertiary/aromatic N) is 2. The SMILES string of the molecule is CCN1CCN(C(=O)c2c(NC(=O)c3ccccc3)sc3c2CCC(C)C3)CC1. The van der Waals surface area contributed by atoms with Crippen LogP contribution in [-0.4, -0.2) is 54.3 Å². The normalized spacial score (nSPS) is 19.7. The average molecular weight is 412 g/mol. The van der Waals surface area contributed by atoms with Crippen molar-refractivity contribution in [2.75, 3.05) is 38.0 Å². The molecule has 29 heavy (non-hydrogen) atoms. The Labute approximate surface area is 176 Å². The van der Waals surface area contributed by atoms with Crippen molar-refractivity contribution in [2.45, 2.75) is 33.1 Å². The molecule has 5 nitrogen and oxygen atoms in total. The van der Waals surface area contributed by atoms with E-state index in [4.69, 9.17) is 0 Å². The standard InChI is InChI=1S/C23H29N3O2S/c1-3-25-11-13-26(14-12-25)23(28)20-18-10-9-16(2)15-19(18)29-22(20)24-21(27)17-7-5-4-6-8-17/h4-8,16H,3,9-15H2,1-2H3,(H,24,27). The minimum absolute atomic E-state index is 0.0798. The van der Waals surface area contributed by atoms with Crippen LogP contribution in [0.4, 0.5) is 5.00 Å². The second-order valence-corrected chi connectivity index (χ2v) is 9.21. The van der Waals surface area contributed by atoms with Crippen molar-refractivity contribution >= 4 is 28.2 Å². The Balaban J connectivity index is 1.63. The van der Waals surface area contributed by atoms with Crippen molar-refractivity contribution in [3.05, 3.63) is 51.9 Å². The van der Waals surface area contributed by atoms with Crippen molar-refractivity contribution in [1.82, 2.24) is 9.80 Å². The molecule has 2 aromatic rings. The summed E-state index contributed by atoms with van der Waals surface area (Å²) in [5.74, 6) is 0.549. The maximum atomic E-state index is 13.5. The van der Waals surface area contributed by atoms with E-state index in [0.717, 1.165) is 62.6 Å². The first-order valence-electron chi connectivity index (χ1n) is 10.6. The van der Waals surface area contributed by atoms with Crippen LogP contribution in [0.15, 0.2) is 30.3 Å². The predicted molar refractivity (Wildman–Crippen MR) is 118 cm³/mol. The van der Waals surface area contributed by atoms with E-state index in [0.29, 0.717) is 11.5 Å². The van der Waals surface area contributed by atoms with E-state index >= 15 is 0 Å². The number of piperazine rings is 1. The number of anilines is 1. The van der Waals surface area contributed by atoms with Crippen LogP contribution in [0.1, 0.15) is 51.4 Å². The number of hydrogen-bond acceptors (Lipinski definition) is 4. The van der Waals surface area contributed by atoms with E-state index in [1.54, 1.807) is 23.5 Å². The second kappa shape index (κ2) is 8.67. The first-order valence-corrected chi connectivity index (χ1v) is 11.4. The van der Waals surface area contributed by atoms with Gasteiger partial charge >= 0.3 is 0 Å². The summed E-state index contributed by atoms with van der Waals surface area (Å²) in [5, 5.41) is 3.78. The number of amides is 2. The number of nitrogens with one attached hydrogen (secondary N) is 1. The largest absolute Gasteiger partial charge is 0.336 e. The number of thiophene rings is 1. The van der Waals surface area contributed by atoms with Crippen molar-refractivity contribution in [1.29, 1.82) is 0 Å². The third-order valence-electron chi connectivity index (χ3n) is 6.10. The highest BCUT2D eigenvalue weighted by Crippen LogP contribution is 2.40. The fourth-order valence-corrected chi connectivity index (χ4v) is 5.65. The van der Waals surface area contributed by atoms with E-state index in [1.165, 1.54) is 10.4 Å². The van der Waals surface area contributed by atoms with Crippen LogP contribution < -0.4 is 5.32 Å². The minimum Gasteiger partial charge on any atom is -0.336 e. The van der Waals surface area contributed by atoms with Crippen LogP contribution in [0.3, 0.4) is 0 Å². The van der Waals surface area contributed by atoms with Gasteiger partial charge in [0.2, 0.25) is 0 Å². The molecule has 4 rings (SSSR count). The Hall–Kier alpha value is -2.18. The second-order valence-electron chi connectivity index (χ2n) is 8.10. The Bertz CT molecular complexity index is 885. The molecule has 1 fully saturated rings. The summed E-state index contributed by atoms with van der Waals surface area (Å²) in [6.45, 7) is 8.77. The summed E-state index contributed by atoms with van der Waals surface area (Å²) < 4.78 is 0. The first-order chi connectivity index (χ1) is 14.1. The van der Waals surface area contributed by atoms with Crippen LogP contribution in [-0.2, 0) is 12.8 Å². The Morgan fingerprint density at radius 3 is 2.55 bits per heavy atom. The van der Waals surface area contributed by atoms with Gasteiger partial charge in [0.15, 0.2) is 0 Å². The van der Waals surface area contributed by atoms with E-state index < -0.39 is 0 Å². The van der Waals surface area contributed by atoms with E-state index in [9.17, 15) is 9.59 Å². The zero-order valence-corrected chi connectivity index (χ0v) is 18.1. The predicted octanol–water partition coefficient (Wildman–Crippen LogP) is 3.90. The molecule has 1 aromatic heterocycles. The Kier molecular flexibility index (Phi) is 6.01. The molecular formula is C23H29N3O2S. The molecule has 154 valence electrons.